The lowest BCUT2D eigenvalue weighted by atomic mass is 10.0. The molecule has 2 unspecified atom stereocenters. The van der Waals surface area contributed by atoms with Gasteiger partial charge in [0, 0.05) is 19.1 Å². The highest BCUT2D eigenvalue weighted by Gasteiger charge is 2.31. The number of likely N-dealkylation sites (tertiary alicyclic amines) is 1. The highest BCUT2D eigenvalue weighted by molar-refractivity contribution is 4.85. The van der Waals surface area contributed by atoms with E-state index in [1.165, 1.54) is 0 Å². The van der Waals surface area contributed by atoms with Gasteiger partial charge in [-0.3, -0.25) is 9.29 Å². The summed E-state index contributed by atoms with van der Waals surface area (Å²) in [5, 5.41) is 0. The molecule has 1 nitrogen and oxygen atoms in total. The van der Waals surface area contributed by atoms with Gasteiger partial charge in [0.2, 0.25) is 0 Å². The maximum Gasteiger partial charge on any atom is 0.114 e. The van der Waals surface area contributed by atoms with E-state index in [-0.39, 0.29) is 6.67 Å². The fourth-order valence-corrected chi connectivity index (χ4v) is 2.25. The van der Waals surface area contributed by atoms with E-state index in [2.05, 4.69) is 18.7 Å². The molecule has 1 saturated heterocycles. The zero-order valence-electron chi connectivity index (χ0n) is 9.18. The van der Waals surface area contributed by atoms with E-state index >= 15 is 0 Å². The van der Waals surface area contributed by atoms with Crippen molar-refractivity contribution in [1.29, 1.82) is 0 Å². The normalized spacial score (nSPS) is 28.9. The van der Waals surface area contributed by atoms with Gasteiger partial charge in [-0.1, -0.05) is 13.8 Å². The molecule has 0 saturated carbocycles. The molecule has 1 aliphatic rings. The van der Waals surface area contributed by atoms with Crippen LogP contribution in [0.4, 0.5) is 8.78 Å². The molecule has 0 aromatic heterocycles. The lowest BCUT2D eigenvalue weighted by Crippen LogP contribution is -2.31. The van der Waals surface area contributed by atoms with Crippen molar-refractivity contribution in [2.45, 2.75) is 45.3 Å². The molecular formula is C11H21F2N. The number of nitrogens with zero attached hydrogens (tertiary/aromatic N) is 1. The molecule has 1 fully saturated rings. The summed E-state index contributed by atoms with van der Waals surface area (Å²) >= 11 is 0. The maximum atomic E-state index is 13.2. The van der Waals surface area contributed by atoms with Gasteiger partial charge in [-0.25, -0.2) is 4.39 Å². The van der Waals surface area contributed by atoms with Crippen LogP contribution >= 0.6 is 0 Å². The first-order valence-corrected chi connectivity index (χ1v) is 5.57. The fourth-order valence-electron chi connectivity index (χ4n) is 2.25. The quantitative estimate of drug-likeness (QED) is 0.667. The second kappa shape index (κ2) is 5.64. The van der Waals surface area contributed by atoms with Crippen LogP contribution in [0.15, 0.2) is 0 Å². The molecule has 0 amide bonds. The summed E-state index contributed by atoms with van der Waals surface area (Å²) < 4.78 is 25.2. The summed E-state index contributed by atoms with van der Waals surface area (Å²) in [6.07, 6.45) is 1.52. The smallest absolute Gasteiger partial charge is 0.114 e. The summed E-state index contributed by atoms with van der Waals surface area (Å²) in [7, 11) is 0. The summed E-state index contributed by atoms with van der Waals surface area (Å²) in [5.41, 5.74) is 0. The second-order valence-corrected chi connectivity index (χ2v) is 4.65. The summed E-state index contributed by atoms with van der Waals surface area (Å²) in [6, 6.07) is 0.344. The molecule has 0 aliphatic carbocycles. The van der Waals surface area contributed by atoms with Gasteiger partial charge in [-0.2, -0.15) is 0 Å². The number of halogens is 2. The van der Waals surface area contributed by atoms with Crippen molar-refractivity contribution in [3.63, 3.8) is 0 Å². The second-order valence-electron chi connectivity index (χ2n) is 4.65. The molecule has 0 spiro atoms. The van der Waals surface area contributed by atoms with Gasteiger partial charge in [-0.05, 0) is 25.2 Å². The summed E-state index contributed by atoms with van der Waals surface area (Å²) in [4.78, 5) is 2.12. The van der Waals surface area contributed by atoms with Crippen molar-refractivity contribution >= 4 is 0 Å². The third-order valence-electron chi connectivity index (χ3n) is 2.80. The third kappa shape index (κ3) is 3.52. The van der Waals surface area contributed by atoms with Crippen LogP contribution in [0.25, 0.3) is 0 Å². The summed E-state index contributed by atoms with van der Waals surface area (Å²) in [6.45, 7) is 5.24. The molecule has 0 radical (unpaired) electrons. The van der Waals surface area contributed by atoms with Crippen LogP contribution < -0.4 is 0 Å². The van der Waals surface area contributed by atoms with Crippen LogP contribution in [-0.4, -0.2) is 36.9 Å². The summed E-state index contributed by atoms with van der Waals surface area (Å²) in [5.74, 6) is 0.596. The standard InChI is InChI=1S/C11H21F2N/c1-9(2)6-11-7-10(13)8-14(11)5-3-4-12/h9-11H,3-8H2,1-2H3. The van der Waals surface area contributed by atoms with Crippen molar-refractivity contribution in [3.05, 3.63) is 0 Å². The van der Waals surface area contributed by atoms with E-state index in [1.807, 2.05) is 0 Å². The molecule has 1 rings (SSSR count). The minimum Gasteiger partial charge on any atom is -0.297 e. The minimum atomic E-state index is -0.696. The Bertz CT molecular complexity index is 161. The first-order valence-electron chi connectivity index (χ1n) is 5.57. The third-order valence-corrected chi connectivity index (χ3v) is 2.80. The molecule has 0 aromatic carbocycles. The Morgan fingerprint density at radius 1 is 1.43 bits per heavy atom. The number of alkyl halides is 2. The Labute approximate surface area is 85.5 Å². The molecule has 84 valence electrons. The van der Waals surface area contributed by atoms with Gasteiger partial charge in [-0.15, -0.1) is 0 Å². The Hall–Kier alpha value is -0.180. The van der Waals surface area contributed by atoms with Crippen LogP contribution in [0, 0.1) is 5.92 Å². The van der Waals surface area contributed by atoms with Crippen LogP contribution in [0.3, 0.4) is 0 Å². The van der Waals surface area contributed by atoms with Crippen molar-refractivity contribution < 1.29 is 8.78 Å². The maximum absolute atomic E-state index is 13.2. The van der Waals surface area contributed by atoms with E-state index in [0.29, 0.717) is 37.9 Å². The fraction of sp³-hybridized carbons (Fsp3) is 1.00. The molecular weight excluding hydrogens is 184 g/mol. The predicted octanol–water partition coefficient (Wildman–Crippen LogP) is 2.80. The predicted molar refractivity (Wildman–Crippen MR) is 54.9 cm³/mol. The van der Waals surface area contributed by atoms with Gasteiger partial charge in [0.05, 0.1) is 6.67 Å². The zero-order valence-corrected chi connectivity index (χ0v) is 9.18. The van der Waals surface area contributed by atoms with Crippen LogP contribution in [0.2, 0.25) is 0 Å². The topological polar surface area (TPSA) is 3.24 Å². The van der Waals surface area contributed by atoms with Crippen molar-refractivity contribution in [2.75, 3.05) is 19.8 Å². The molecule has 0 aromatic rings. The first kappa shape index (κ1) is 11.9. The highest BCUT2D eigenvalue weighted by atomic mass is 19.1. The van der Waals surface area contributed by atoms with Gasteiger partial charge >= 0.3 is 0 Å². The molecule has 1 heterocycles. The highest BCUT2D eigenvalue weighted by Crippen LogP contribution is 2.25. The molecule has 1 aliphatic heterocycles. The number of hydrogen-bond acceptors (Lipinski definition) is 1. The van der Waals surface area contributed by atoms with Gasteiger partial charge < -0.3 is 0 Å². The largest absolute Gasteiger partial charge is 0.297 e. The molecule has 0 N–H and O–H groups in total. The molecule has 2 atom stereocenters. The minimum absolute atomic E-state index is 0.290. The van der Waals surface area contributed by atoms with Gasteiger partial charge in [0.1, 0.15) is 6.17 Å². The van der Waals surface area contributed by atoms with E-state index in [0.717, 1.165) is 6.42 Å². The molecule has 14 heavy (non-hydrogen) atoms. The van der Waals surface area contributed by atoms with E-state index in [1.54, 1.807) is 0 Å². The van der Waals surface area contributed by atoms with Crippen LogP contribution in [0.1, 0.15) is 33.1 Å². The Morgan fingerprint density at radius 3 is 2.71 bits per heavy atom. The monoisotopic (exact) mass is 205 g/mol. The van der Waals surface area contributed by atoms with Gasteiger partial charge in [0.25, 0.3) is 0 Å². The molecule has 3 heteroatoms. The Balaban J connectivity index is 2.37. The molecule has 0 bridgehead atoms. The van der Waals surface area contributed by atoms with E-state index in [9.17, 15) is 8.78 Å². The van der Waals surface area contributed by atoms with Gasteiger partial charge in [0.15, 0.2) is 0 Å². The first-order chi connectivity index (χ1) is 6.63. The number of hydrogen-bond donors (Lipinski definition) is 0. The van der Waals surface area contributed by atoms with Crippen molar-refractivity contribution in [3.8, 4) is 0 Å². The average Bonchev–Trinajstić information content (AvgIpc) is 2.41. The zero-order chi connectivity index (χ0) is 10.6. The SMILES string of the molecule is CC(C)CC1CC(F)CN1CCCF. The number of rotatable bonds is 5. The lowest BCUT2D eigenvalue weighted by molar-refractivity contribution is 0.212. The van der Waals surface area contributed by atoms with Crippen molar-refractivity contribution in [2.24, 2.45) is 5.92 Å². The van der Waals surface area contributed by atoms with Crippen LogP contribution in [-0.2, 0) is 0 Å². The van der Waals surface area contributed by atoms with Crippen LogP contribution in [0.5, 0.6) is 0 Å². The Kier molecular flexibility index (Phi) is 4.79. The average molecular weight is 205 g/mol. The van der Waals surface area contributed by atoms with E-state index in [4.69, 9.17) is 0 Å². The van der Waals surface area contributed by atoms with E-state index < -0.39 is 6.17 Å². The Morgan fingerprint density at radius 2 is 2.14 bits per heavy atom. The van der Waals surface area contributed by atoms with Crippen molar-refractivity contribution in [1.82, 2.24) is 4.90 Å². The lowest BCUT2D eigenvalue weighted by Gasteiger charge is -2.24.